The molecule has 0 unspecified atom stereocenters. The van der Waals surface area contributed by atoms with E-state index in [1.807, 2.05) is 23.9 Å². The summed E-state index contributed by atoms with van der Waals surface area (Å²) in [6.45, 7) is 9.55. The largest absolute Gasteiger partial charge is 0.468 e. The molecular formula is C16H25N5O2. The maximum absolute atomic E-state index is 12.1. The Kier molecular flexibility index (Phi) is 5.08. The molecule has 0 fully saturated rings. The Labute approximate surface area is 136 Å². The van der Waals surface area contributed by atoms with Crippen LogP contribution in [0.15, 0.2) is 18.5 Å². The minimum absolute atomic E-state index is 0.0509. The predicted octanol–water partition coefficient (Wildman–Crippen LogP) is 2.34. The lowest BCUT2D eigenvalue weighted by Crippen LogP contribution is -2.29. The van der Waals surface area contributed by atoms with Crippen LogP contribution >= 0.6 is 0 Å². The Hall–Kier alpha value is -2.31. The normalized spacial score (nSPS) is 11.5. The van der Waals surface area contributed by atoms with Gasteiger partial charge in [0.1, 0.15) is 0 Å². The third kappa shape index (κ3) is 4.34. The molecule has 1 amide bonds. The summed E-state index contributed by atoms with van der Waals surface area (Å²) in [6.07, 6.45) is 4.43. The summed E-state index contributed by atoms with van der Waals surface area (Å²) in [5.41, 5.74) is 1.86. The highest BCUT2D eigenvalue weighted by molar-refractivity contribution is 5.78. The minimum Gasteiger partial charge on any atom is -0.468 e. The summed E-state index contributed by atoms with van der Waals surface area (Å²) < 4.78 is 8.36. The van der Waals surface area contributed by atoms with Gasteiger partial charge in [-0.2, -0.15) is 5.10 Å². The molecule has 0 spiro atoms. The lowest BCUT2D eigenvalue weighted by molar-refractivity contribution is 0.237. The predicted molar refractivity (Wildman–Crippen MR) is 87.9 cm³/mol. The highest BCUT2D eigenvalue weighted by atomic mass is 16.5. The number of ether oxygens (including phenoxy) is 1. The molecule has 126 valence electrons. The summed E-state index contributed by atoms with van der Waals surface area (Å²) in [6, 6.07) is 2.10. The van der Waals surface area contributed by atoms with Gasteiger partial charge in [0, 0.05) is 30.9 Å². The van der Waals surface area contributed by atoms with E-state index >= 15 is 0 Å². The van der Waals surface area contributed by atoms with Gasteiger partial charge in [-0.05, 0) is 19.4 Å². The van der Waals surface area contributed by atoms with Crippen molar-refractivity contribution in [3.63, 3.8) is 0 Å². The monoisotopic (exact) mass is 319 g/mol. The lowest BCUT2D eigenvalue weighted by Gasteiger charge is -2.14. The standard InChI is InChI=1S/C16H25N5O2/c1-12-11-21(15(18-12)23-5)14(22)17-8-6-9-20-10-7-13(19-20)16(2,3)4/h7,10-11H,6,8-9H2,1-5H3,(H,17,22). The second-order valence-electron chi connectivity index (χ2n) is 6.54. The van der Waals surface area contributed by atoms with Gasteiger partial charge in [-0.25, -0.2) is 14.3 Å². The average Bonchev–Trinajstić information content (AvgIpc) is 3.09. The molecule has 2 aromatic heterocycles. The first-order valence-electron chi connectivity index (χ1n) is 7.73. The van der Waals surface area contributed by atoms with Gasteiger partial charge >= 0.3 is 12.0 Å². The van der Waals surface area contributed by atoms with E-state index in [1.54, 1.807) is 6.20 Å². The topological polar surface area (TPSA) is 74.0 Å². The van der Waals surface area contributed by atoms with Crippen molar-refractivity contribution in [1.82, 2.24) is 24.6 Å². The number of nitrogens with one attached hydrogen (secondary N) is 1. The number of hydrogen-bond donors (Lipinski definition) is 1. The zero-order chi connectivity index (χ0) is 17.0. The van der Waals surface area contributed by atoms with Gasteiger partial charge in [-0.15, -0.1) is 0 Å². The van der Waals surface area contributed by atoms with E-state index in [1.165, 1.54) is 11.7 Å². The van der Waals surface area contributed by atoms with Crippen LogP contribution in [0.4, 0.5) is 4.79 Å². The fourth-order valence-corrected chi connectivity index (χ4v) is 2.17. The summed E-state index contributed by atoms with van der Waals surface area (Å²) in [4.78, 5) is 16.2. The van der Waals surface area contributed by atoms with Crippen LogP contribution in [0.2, 0.25) is 0 Å². The van der Waals surface area contributed by atoms with Crippen LogP contribution in [0.1, 0.15) is 38.6 Å². The van der Waals surface area contributed by atoms with Gasteiger partial charge in [0.25, 0.3) is 0 Å². The lowest BCUT2D eigenvalue weighted by atomic mass is 9.93. The van der Waals surface area contributed by atoms with E-state index in [9.17, 15) is 4.79 Å². The van der Waals surface area contributed by atoms with Crippen LogP contribution in [0.3, 0.4) is 0 Å². The van der Waals surface area contributed by atoms with Crippen molar-refractivity contribution in [3.8, 4) is 6.01 Å². The van der Waals surface area contributed by atoms with Crippen molar-refractivity contribution >= 4 is 6.03 Å². The Morgan fingerprint density at radius 2 is 2.13 bits per heavy atom. The summed E-state index contributed by atoms with van der Waals surface area (Å²) in [5.74, 6) is 0. The molecule has 0 atom stereocenters. The number of carbonyl (C=O) groups is 1. The van der Waals surface area contributed by atoms with Crippen molar-refractivity contribution < 1.29 is 9.53 Å². The van der Waals surface area contributed by atoms with Crippen molar-refractivity contribution in [2.24, 2.45) is 0 Å². The second kappa shape index (κ2) is 6.85. The van der Waals surface area contributed by atoms with Crippen molar-refractivity contribution in [1.29, 1.82) is 0 Å². The number of rotatable bonds is 5. The number of nitrogens with zero attached hydrogens (tertiary/aromatic N) is 4. The first-order valence-corrected chi connectivity index (χ1v) is 7.73. The number of aromatic nitrogens is 4. The van der Waals surface area contributed by atoms with Crippen LogP contribution < -0.4 is 10.1 Å². The van der Waals surface area contributed by atoms with Gasteiger partial charge in [0.15, 0.2) is 0 Å². The van der Waals surface area contributed by atoms with E-state index in [0.29, 0.717) is 12.6 Å². The molecule has 0 radical (unpaired) electrons. The highest BCUT2D eigenvalue weighted by Crippen LogP contribution is 2.19. The molecule has 0 aliphatic heterocycles. The molecule has 0 saturated carbocycles. The number of imidazole rings is 1. The van der Waals surface area contributed by atoms with E-state index in [4.69, 9.17) is 4.74 Å². The van der Waals surface area contributed by atoms with Crippen molar-refractivity contribution in [3.05, 3.63) is 29.8 Å². The Morgan fingerprint density at radius 1 is 1.39 bits per heavy atom. The van der Waals surface area contributed by atoms with Crippen molar-refractivity contribution in [2.45, 2.75) is 46.1 Å². The number of amides is 1. The fraction of sp³-hybridized carbons (Fsp3) is 0.562. The fourth-order valence-electron chi connectivity index (χ4n) is 2.17. The number of hydrogen-bond acceptors (Lipinski definition) is 4. The highest BCUT2D eigenvalue weighted by Gasteiger charge is 2.16. The first kappa shape index (κ1) is 17.1. The first-order chi connectivity index (χ1) is 10.8. The van der Waals surface area contributed by atoms with Crippen LogP contribution in [0.25, 0.3) is 0 Å². The summed E-state index contributed by atoms with van der Waals surface area (Å²) in [7, 11) is 1.50. The molecule has 0 aromatic carbocycles. The number of aryl methyl sites for hydroxylation is 2. The van der Waals surface area contributed by atoms with Crippen LogP contribution in [-0.2, 0) is 12.0 Å². The minimum atomic E-state index is -0.238. The molecule has 7 nitrogen and oxygen atoms in total. The van der Waals surface area contributed by atoms with Crippen LogP contribution in [0, 0.1) is 6.92 Å². The Balaban J connectivity index is 1.81. The smallest absolute Gasteiger partial charge is 0.329 e. The molecule has 2 aromatic rings. The Bertz CT molecular complexity index is 666. The third-order valence-electron chi connectivity index (χ3n) is 3.44. The molecule has 23 heavy (non-hydrogen) atoms. The third-order valence-corrected chi connectivity index (χ3v) is 3.44. The molecular weight excluding hydrogens is 294 g/mol. The SMILES string of the molecule is COc1nc(C)cn1C(=O)NCCCn1ccc(C(C)(C)C)n1. The maximum atomic E-state index is 12.1. The molecule has 1 N–H and O–H groups in total. The van der Waals surface area contributed by atoms with Crippen molar-refractivity contribution in [2.75, 3.05) is 13.7 Å². The molecule has 2 heterocycles. The Morgan fingerprint density at radius 3 is 2.74 bits per heavy atom. The summed E-state index contributed by atoms with van der Waals surface area (Å²) in [5, 5.41) is 7.41. The molecule has 0 saturated heterocycles. The van der Waals surface area contributed by atoms with Gasteiger partial charge in [-0.3, -0.25) is 4.68 Å². The second-order valence-corrected chi connectivity index (χ2v) is 6.54. The molecule has 7 heteroatoms. The number of methoxy groups -OCH3 is 1. The van der Waals surface area contributed by atoms with Gasteiger partial charge < -0.3 is 10.1 Å². The van der Waals surface area contributed by atoms with E-state index in [2.05, 4.69) is 36.2 Å². The van der Waals surface area contributed by atoms with E-state index < -0.39 is 0 Å². The van der Waals surface area contributed by atoms with Crippen LogP contribution in [0.5, 0.6) is 6.01 Å². The molecule has 0 bridgehead atoms. The maximum Gasteiger partial charge on any atom is 0.329 e. The zero-order valence-corrected chi connectivity index (χ0v) is 14.5. The molecule has 2 rings (SSSR count). The van der Waals surface area contributed by atoms with Crippen LogP contribution in [-0.4, -0.2) is 39.0 Å². The van der Waals surface area contributed by atoms with Gasteiger partial charge in [0.05, 0.1) is 18.5 Å². The van der Waals surface area contributed by atoms with Gasteiger partial charge in [0.2, 0.25) is 0 Å². The summed E-state index contributed by atoms with van der Waals surface area (Å²) >= 11 is 0. The number of carbonyl (C=O) groups excluding carboxylic acids is 1. The van der Waals surface area contributed by atoms with Gasteiger partial charge in [-0.1, -0.05) is 20.8 Å². The average molecular weight is 319 g/mol. The van der Waals surface area contributed by atoms with E-state index in [-0.39, 0.29) is 11.4 Å². The quantitative estimate of drug-likeness (QED) is 0.859. The zero-order valence-electron chi connectivity index (χ0n) is 14.5. The molecule has 0 aliphatic carbocycles. The molecule has 0 aliphatic rings. The van der Waals surface area contributed by atoms with E-state index in [0.717, 1.165) is 24.4 Å².